The number of hydrogen-bond donors (Lipinski definition) is 1. The summed E-state index contributed by atoms with van der Waals surface area (Å²) in [4.78, 5) is 34.9. The van der Waals surface area contributed by atoms with Crippen molar-refractivity contribution >= 4 is 55.7 Å². The molecule has 40 heavy (non-hydrogen) atoms. The molecular weight excluding hydrogens is 518 g/mol. The molecule has 0 atom stereocenters. The number of benzene rings is 3. The number of nitrogens with one attached hydrogen (secondary N) is 1. The number of fused-ring (bicyclic) bond motifs is 2. The van der Waals surface area contributed by atoms with Gasteiger partial charge in [0.25, 0.3) is 5.91 Å². The van der Waals surface area contributed by atoms with Crippen molar-refractivity contribution in [2.45, 2.75) is 0 Å². The third-order valence-electron chi connectivity index (χ3n) is 7.22. The molecule has 0 bridgehead atoms. The van der Waals surface area contributed by atoms with Crippen molar-refractivity contribution in [2.24, 2.45) is 0 Å². The van der Waals surface area contributed by atoms with Gasteiger partial charge in [-0.05, 0) is 59.7 Å². The molecular formula is C31H25N7OS. The van der Waals surface area contributed by atoms with Crippen LogP contribution in [0.25, 0.3) is 32.2 Å². The fraction of sp³-hybridized carbons (Fsp3) is 0.129. The number of pyridine rings is 1. The summed E-state index contributed by atoms with van der Waals surface area (Å²) in [6.45, 7) is 2.72. The minimum atomic E-state index is 0.0481. The van der Waals surface area contributed by atoms with Crippen molar-refractivity contribution in [2.75, 3.05) is 36.4 Å². The van der Waals surface area contributed by atoms with E-state index in [9.17, 15) is 4.79 Å². The lowest BCUT2D eigenvalue weighted by Crippen LogP contribution is -2.49. The fourth-order valence-electron chi connectivity index (χ4n) is 5.08. The summed E-state index contributed by atoms with van der Waals surface area (Å²) in [6, 6.07) is 24.1. The van der Waals surface area contributed by atoms with Gasteiger partial charge in [0.2, 0.25) is 5.95 Å². The number of carbonyl (C=O) groups excluding carboxylic acids is 1. The monoisotopic (exact) mass is 543 g/mol. The number of aromatic nitrogens is 4. The third-order valence-corrected chi connectivity index (χ3v) is 8.03. The van der Waals surface area contributed by atoms with Crippen LogP contribution < -0.4 is 10.2 Å². The Labute approximate surface area is 235 Å². The van der Waals surface area contributed by atoms with Crippen LogP contribution in [0.1, 0.15) is 10.4 Å². The lowest BCUT2D eigenvalue weighted by Gasteiger charge is -2.34. The van der Waals surface area contributed by atoms with Gasteiger partial charge in [0, 0.05) is 67.1 Å². The highest BCUT2D eigenvalue weighted by atomic mass is 32.1. The molecule has 196 valence electrons. The van der Waals surface area contributed by atoms with Crippen molar-refractivity contribution in [1.82, 2.24) is 24.8 Å². The van der Waals surface area contributed by atoms with E-state index in [1.54, 1.807) is 23.7 Å². The predicted molar refractivity (Wildman–Crippen MR) is 160 cm³/mol. The van der Waals surface area contributed by atoms with Crippen molar-refractivity contribution in [3.05, 3.63) is 102 Å². The highest BCUT2D eigenvalue weighted by molar-refractivity contribution is 7.16. The number of carbonyl (C=O) groups is 1. The summed E-state index contributed by atoms with van der Waals surface area (Å²) in [5.41, 5.74) is 8.52. The van der Waals surface area contributed by atoms with Crippen LogP contribution in [0, 0.1) is 0 Å². The molecule has 1 fully saturated rings. The van der Waals surface area contributed by atoms with E-state index in [2.05, 4.69) is 66.6 Å². The van der Waals surface area contributed by atoms with Gasteiger partial charge in [-0.15, -0.1) is 11.3 Å². The largest absolute Gasteiger partial charge is 0.355 e. The maximum atomic E-state index is 13.2. The lowest BCUT2D eigenvalue weighted by atomic mass is 10.0. The molecule has 6 aromatic rings. The average Bonchev–Trinajstić information content (AvgIpc) is 3.49. The number of anilines is 3. The van der Waals surface area contributed by atoms with E-state index in [0.29, 0.717) is 37.7 Å². The Morgan fingerprint density at radius 3 is 2.38 bits per heavy atom. The minimum absolute atomic E-state index is 0.0481. The number of piperazine rings is 1. The smallest absolute Gasteiger partial charge is 0.253 e. The fourth-order valence-corrected chi connectivity index (χ4v) is 5.74. The summed E-state index contributed by atoms with van der Waals surface area (Å²) >= 11 is 1.64. The molecule has 4 heterocycles. The van der Waals surface area contributed by atoms with Crippen LogP contribution in [0.3, 0.4) is 0 Å². The molecule has 8 nitrogen and oxygen atoms in total. The Kier molecular flexibility index (Phi) is 6.25. The second-order valence-electron chi connectivity index (χ2n) is 9.66. The SMILES string of the molecule is O=C(c1ccc(-c2ccc3c(Nc4ccc5scnc5c4)ccnc3c2)cc1)N1CCN(c2ncccn2)CC1. The van der Waals surface area contributed by atoms with E-state index in [-0.39, 0.29) is 5.91 Å². The summed E-state index contributed by atoms with van der Waals surface area (Å²) in [7, 11) is 0. The van der Waals surface area contributed by atoms with Crippen molar-refractivity contribution in [1.29, 1.82) is 0 Å². The van der Waals surface area contributed by atoms with Gasteiger partial charge in [-0.3, -0.25) is 9.78 Å². The summed E-state index contributed by atoms with van der Waals surface area (Å²) in [5.74, 6) is 0.760. The van der Waals surface area contributed by atoms with E-state index in [1.165, 1.54) is 4.70 Å². The minimum Gasteiger partial charge on any atom is -0.355 e. The van der Waals surface area contributed by atoms with Crippen molar-refractivity contribution in [3.8, 4) is 11.1 Å². The molecule has 1 aliphatic rings. The molecule has 0 unspecified atom stereocenters. The maximum Gasteiger partial charge on any atom is 0.253 e. The molecule has 0 saturated carbocycles. The van der Waals surface area contributed by atoms with Crippen LogP contribution in [-0.2, 0) is 0 Å². The molecule has 0 aliphatic carbocycles. The first-order valence-corrected chi connectivity index (χ1v) is 14.0. The number of thiazole rings is 1. The van der Waals surface area contributed by atoms with Crippen LogP contribution in [-0.4, -0.2) is 56.9 Å². The number of hydrogen-bond acceptors (Lipinski definition) is 8. The van der Waals surface area contributed by atoms with Crippen LogP contribution in [0.5, 0.6) is 0 Å². The van der Waals surface area contributed by atoms with Gasteiger partial charge in [-0.25, -0.2) is 15.0 Å². The van der Waals surface area contributed by atoms with Crippen LogP contribution in [0.2, 0.25) is 0 Å². The van der Waals surface area contributed by atoms with Gasteiger partial charge in [0.1, 0.15) is 0 Å². The van der Waals surface area contributed by atoms with E-state index >= 15 is 0 Å². The highest BCUT2D eigenvalue weighted by Gasteiger charge is 2.23. The van der Waals surface area contributed by atoms with E-state index in [4.69, 9.17) is 0 Å². The summed E-state index contributed by atoms with van der Waals surface area (Å²) in [5, 5.41) is 4.56. The predicted octanol–water partition coefficient (Wildman–Crippen LogP) is 6.01. The summed E-state index contributed by atoms with van der Waals surface area (Å²) in [6.07, 6.45) is 5.31. The molecule has 0 radical (unpaired) electrons. The molecule has 3 aromatic heterocycles. The number of rotatable bonds is 5. The second kappa shape index (κ2) is 10.3. The molecule has 7 rings (SSSR count). The van der Waals surface area contributed by atoms with Gasteiger partial charge in [0.15, 0.2) is 0 Å². The zero-order valence-electron chi connectivity index (χ0n) is 21.6. The molecule has 1 aliphatic heterocycles. The quantitative estimate of drug-likeness (QED) is 0.285. The van der Waals surface area contributed by atoms with Crippen LogP contribution in [0.4, 0.5) is 17.3 Å². The Morgan fingerprint density at radius 1 is 0.750 bits per heavy atom. The molecule has 9 heteroatoms. The zero-order chi connectivity index (χ0) is 26.9. The molecule has 1 N–H and O–H groups in total. The number of amides is 1. The lowest BCUT2D eigenvalue weighted by molar-refractivity contribution is 0.0746. The topological polar surface area (TPSA) is 87.1 Å². The van der Waals surface area contributed by atoms with Gasteiger partial charge in [-0.2, -0.15) is 0 Å². The Morgan fingerprint density at radius 2 is 1.55 bits per heavy atom. The molecule has 1 amide bonds. The first kappa shape index (κ1) is 24.2. The van der Waals surface area contributed by atoms with Crippen molar-refractivity contribution < 1.29 is 4.79 Å². The zero-order valence-corrected chi connectivity index (χ0v) is 22.4. The van der Waals surface area contributed by atoms with Crippen molar-refractivity contribution in [3.63, 3.8) is 0 Å². The molecule has 3 aromatic carbocycles. The Hall–Kier alpha value is -4.89. The molecule has 0 spiro atoms. The van der Waals surface area contributed by atoms with Gasteiger partial charge in [0.05, 0.1) is 21.2 Å². The van der Waals surface area contributed by atoms with E-state index in [0.717, 1.165) is 38.9 Å². The normalized spacial score (nSPS) is 13.6. The van der Waals surface area contributed by atoms with Crippen LogP contribution in [0.15, 0.2) is 96.9 Å². The number of nitrogens with zero attached hydrogens (tertiary/aromatic N) is 6. The molecule has 1 saturated heterocycles. The van der Waals surface area contributed by atoms with Crippen LogP contribution >= 0.6 is 11.3 Å². The first-order chi connectivity index (χ1) is 19.7. The van der Waals surface area contributed by atoms with Gasteiger partial charge in [-0.1, -0.05) is 24.3 Å². The first-order valence-electron chi connectivity index (χ1n) is 13.1. The maximum absolute atomic E-state index is 13.2. The van der Waals surface area contributed by atoms with E-state index < -0.39 is 0 Å². The van der Waals surface area contributed by atoms with Gasteiger partial charge < -0.3 is 15.1 Å². The average molecular weight is 544 g/mol. The van der Waals surface area contributed by atoms with Gasteiger partial charge >= 0.3 is 0 Å². The second-order valence-corrected chi connectivity index (χ2v) is 10.5. The third kappa shape index (κ3) is 4.71. The Balaban J connectivity index is 1.06. The highest BCUT2D eigenvalue weighted by Crippen LogP contribution is 2.31. The summed E-state index contributed by atoms with van der Waals surface area (Å²) < 4.78 is 1.17. The van der Waals surface area contributed by atoms with E-state index in [1.807, 2.05) is 53.0 Å². The Bertz CT molecular complexity index is 1810. The standard InChI is InChI=1S/C31H25N7OS/c39-30(37-14-16-38(17-15-37)31-33-11-1-12-34-31)22-4-2-21(3-5-22)23-6-8-25-26(10-13-32-27(25)18-23)36-24-7-9-29-28(19-24)35-20-40-29/h1-13,18-20H,14-17H2,(H,32,36).